The van der Waals surface area contributed by atoms with Gasteiger partial charge >= 0.3 is 0 Å². The molecule has 0 amide bonds. The fraction of sp³-hybridized carbons (Fsp3) is 0.538. The van der Waals surface area contributed by atoms with E-state index in [0.29, 0.717) is 16.1 Å². The Morgan fingerprint density at radius 1 is 1.12 bits per heavy atom. The zero-order chi connectivity index (χ0) is 12.3. The van der Waals surface area contributed by atoms with Gasteiger partial charge in [0, 0.05) is 18.3 Å². The van der Waals surface area contributed by atoms with Gasteiger partial charge < -0.3 is 11.1 Å². The van der Waals surface area contributed by atoms with Crippen molar-refractivity contribution in [3.8, 4) is 0 Å². The van der Waals surface area contributed by atoms with Gasteiger partial charge in [-0.15, -0.1) is 0 Å². The van der Waals surface area contributed by atoms with Crippen molar-refractivity contribution in [2.24, 2.45) is 11.7 Å². The molecule has 4 heteroatoms. The lowest BCUT2D eigenvalue weighted by atomic mass is 9.86. The van der Waals surface area contributed by atoms with E-state index in [0.717, 1.165) is 31.0 Å². The summed E-state index contributed by atoms with van der Waals surface area (Å²) in [5.74, 6) is 0.726. The van der Waals surface area contributed by atoms with Crippen LogP contribution in [-0.4, -0.2) is 12.6 Å². The van der Waals surface area contributed by atoms with Gasteiger partial charge in [-0.25, -0.2) is 0 Å². The molecule has 1 aliphatic rings. The smallest absolute Gasteiger partial charge is 0.0612 e. The number of anilines is 1. The highest BCUT2D eigenvalue weighted by Crippen LogP contribution is 2.27. The van der Waals surface area contributed by atoms with Crippen LogP contribution in [0.5, 0.6) is 0 Å². The zero-order valence-corrected chi connectivity index (χ0v) is 11.3. The highest BCUT2D eigenvalue weighted by atomic mass is 35.5. The number of benzene rings is 1. The quantitative estimate of drug-likeness (QED) is 0.875. The van der Waals surface area contributed by atoms with Crippen molar-refractivity contribution in [1.82, 2.24) is 0 Å². The van der Waals surface area contributed by atoms with E-state index in [1.807, 2.05) is 18.2 Å². The zero-order valence-electron chi connectivity index (χ0n) is 9.76. The van der Waals surface area contributed by atoms with Crippen LogP contribution in [0.25, 0.3) is 0 Å². The third-order valence-corrected chi connectivity index (χ3v) is 4.14. The Labute approximate surface area is 112 Å². The van der Waals surface area contributed by atoms with Crippen LogP contribution < -0.4 is 11.1 Å². The lowest BCUT2D eigenvalue weighted by Crippen LogP contribution is -2.29. The van der Waals surface area contributed by atoms with E-state index in [9.17, 15) is 0 Å². The maximum Gasteiger partial charge on any atom is 0.0612 e. The molecule has 0 bridgehead atoms. The van der Waals surface area contributed by atoms with E-state index in [2.05, 4.69) is 5.32 Å². The average molecular weight is 273 g/mol. The molecule has 3 N–H and O–H groups in total. The van der Waals surface area contributed by atoms with Crippen LogP contribution in [0.15, 0.2) is 18.2 Å². The average Bonchev–Trinajstić information content (AvgIpc) is 2.33. The Hall–Kier alpha value is -0.440. The van der Waals surface area contributed by atoms with Gasteiger partial charge in [0.15, 0.2) is 0 Å². The third-order valence-electron chi connectivity index (χ3n) is 3.41. The lowest BCUT2D eigenvalue weighted by molar-refractivity contribution is 0.339. The van der Waals surface area contributed by atoms with Gasteiger partial charge in [0.2, 0.25) is 0 Å². The molecule has 94 valence electrons. The standard InChI is InChI=1S/C13H18Cl2N2/c14-12-6-5-11(7-13(12)15)17-8-9-1-3-10(16)4-2-9/h5-7,9-10,17H,1-4,8,16H2/t9-,10-. The molecule has 1 saturated carbocycles. The minimum atomic E-state index is 0.413. The topological polar surface area (TPSA) is 38.0 Å². The molecule has 1 aromatic carbocycles. The van der Waals surface area contributed by atoms with E-state index in [1.165, 1.54) is 12.8 Å². The molecule has 0 aliphatic heterocycles. The fourth-order valence-corrected chi connectivity index (χ4v) is 2.56. The number of hydrogen-bond acceptors (Lipinski definition) is 2. The molecular formula is C13H18Cl2N2. The number of nitrogens with two attached hydrogens (primary N) is 1. The Kier molecular flexibility index (Phi) is 4.55. The molecule has 0 unspecified atom stereocenters. The number of nitrogens with one attached hydrogen (secondary N) is 1. The first-order chi connectivity index (χ1) is 8.15. The van der Waals surface area contributed by atoms with Crippen LogP contribution >= 0.6 is 23.2 Å². The summed E-state index contributed by atoms with van der Waals surface area (Å²) in [5.41, 5.74) is 6.92. The van der Waals surface area contributed by atoms with Crippen molar-refractivity contribution in [2.45, 2.75) is 31.7 Å². The lowest BCUT2D eigenvalue weighted by Gasteiger charge is -2.26. The van der Waals surface area contributed by atoms with Gasteiger partial charge in [-0.05, 0) is 49.8 Å². The van der Waals surface area contributed by atoms with Gasteiger partial charge in [-0.3, -0.25) is 0 Å². The molecule has 0 heterocycles. The van der Waals surface area contributed by atoms with Gasteiger partial charge in [0.1, 0.15) is 0 Å². The third kappa shape index (κ3) is 3.77. The molecule has 2 rings (SSSR count). The van der Waals surface area contributed by atoms with Crippen LogP contribution in [0.3, 0.4) is 0 Å². The number of halogens is 2. The van der Waals surface area contributed by atoms with Gasteiger partial charge in [-0.1, -0.05) is 23.2 Å². The maximum atomic E-state index is 5.97. The Morgan fingerprint density at radius 2 is 1.82 bits per heavy atom. The summed E-state index contributed by atoms with van der Waals surface area (Å²) in [4.78, 5) is 0. The van der Waals surface area contributed by atoms with Gasteiger partial charge in [-0.2, -0.15) is 0 Å². The Morgan fingerprint density at radius 3 is 2.47 bits per heavy atom. The Bertz CT molecular complexity index is 374. The second-order valence-corrected chi connectivity index (χ2v) is 5.60. The molecule has 0 atom stereocenters. The predicted octanol–water partition coefficient (Wildman–Crippen LogP) is 3.92. The molecule has 17 heavy (non-hydrogen) atoms. The molecule has 1 aliphatic carbocycles. The van der Waals surface area contributed by atoms with Gasteiger partial charge in [0.25, 0.3) is 0 Å². The highest BCUT2D eigenvalue weighted by molar-refractivity contribution is 6.42. The number of rotatable bonds is 3. The van der Waals surface area contributed by atoms with Crippen molar-refractivity contribution >= 4 is 28.9 Å². The van der Waals surface area contributed by atoms with E-state index < -0.39 is 0 Å². The molecule has 0 aromatic heterocycles. The first-order valence-corrected chi connectivity index (χ1v) is 6.85. The summed E-state index contributed by atoms with van der Waals surface area (Å²) in [6, 6.07) is 6.07. The van der Waals surface area contributed by atoms with Crippen molar-refractivity contribution in [3.05, 3.63) is 28.2 Å². The van der Waals surface area contributed by atoms with Crippen molar-refractivity contribution in [2.75, 3.05) is 11.9 Å². The second-order valence-electron chi connectivity index (χ2n) is 4.79. The van der Waals surface area contributed by atoms with Crippen molar-refractivity contribution in [1.29, 1.82) is 0 Å². The van der Waals surface area contributed by atoms with Crippen LogP contribution in [0.2, 0.25) is 10.0 Å². The highest BCUT2D eigenvalue weighted by Gasteiger charge is 2.18. The first-order valence-electron chi connectivity index (χ1n) is 6.09. The summed E-state index contributed by atoms with van der Waals surface area (Å²) in [7, 11) is 0. The largest absolute Gasteiger partial charge is 0.385 e. The molecule has 1 fully saturated rings. The molecule has 1 aromatic rings. The summed E-state index contributed by atoms with van der Waals surface area (Å²) >= 11 is 11.8. The van der Waals surface area contributed by atoms with Gasteiger partial charge in [0.05, 0.1) is 10.0 Å². The van der Waals surface area contributed by atoms with E-state index in [1.54, 1.807) is 0 Å². The summed E-state index contributed by atoms with van der Waals surface area (Å²) in [5, 5.41) is 4.61. The van der Waals surface area contributed by atoms with Crippen LogP contribution in [-0.2, 0) is 0 Å². The SMILES string of the molecule is N[C@H]1CC[C@H](CNc2ccc(Cl)c(Cl)c2)CC1. The minimum absolute atomic E-state index is 0.413. The summed E-state index contributed by atoms with van der Waals surface area (Å²) < 4.78 is 0. The predicted molar refractivity (Wildman–Crippen MR) is 74.9 cm³/mol. The van der Waals surface area contributed by atoms with E-state index in [4.69, 9.17) is 28.9 Å². The molecule has 0 saturated heterocycles. The normalized spacial score (nSPS) is 24.6. The van der Waals surface area contributed by atoms with E-state index in [-0.39, 0.29) is 0 Å². The molecular weight excluding hydrogens is 255 g/mol. The van der Waals surface area contributed by atoms with Crippen LogP contribution in [0.4, 0.5) is 5.69 Å². The summed E-state index contributed by atoms with van der Waals surface area (Å²) in [6.07, 6.45) is 4.73. The molecule has 0 spiro atoms. The maximum absolute atomic E-state index is 5.97. The van der Waals surface area contributed by atoms with Crippen LogP contribution in [0.1, 0.15) is 25.7 Å². The molecule has 2 nitrogen and oxygen atoms in total. The Balaban J connectivity index is 1.83. The van der Waals surface area contributed by atoms with Crippen molar-refractivity contribution < 1.29 is 0 Å². The monoisotopic (exact) mass is 272 g/mol. The first kappa shape index (κ1) is 13.0. The summed E-state index contributed by atoms with van der Waals surface area (Å²) in [6.45, 7) is 0.991. The second kappa shape index (κ2) is 5.94. The van der Waals surface area contributed by atoms with Crippen LogP contribution in [0, 0.1) is 5.92 Å². The number of hydrogen-bond donors (Lipinski definition) is 2. The molecule has 0 radical (unpaired) electrons. The van der Waals surface area contributed by atoms with E-state index >= 15 is 0 Å². The fourth-order valence-electron chi connectivity index (χ4n) is 2.26. The minimum Gasteiger partial charge on any atom is -0.385 e. The van der Waals surface area contributed by atoms with Crippen molar-refractivity contribution in [3.63, 3.8) is 0 Å².